The zero-order valence-electron chi connectivity index (χ0n) is 16.8. The lowest BCUT2D eigenvalue weighted by Crippen LogP contribution is -2.22. The topological polar surface area (TPSA) is 88.7 Å². The van der Waals surface area contributed by atoms with Gasteiger partial charge in [-0.2, -0.15) is 0 Å². The Balaban J connectivity index is 1.53. The Morgan fingerprint density at radius 2 is 1.79 bits per heavy atom. The lowest BCUT2D eigenvalue weighted by Gasteiger charge is -2.14. The van der Waals surface area contributed by atoms with Crippen LogP contribution < -0.4 is 20.7 Å². The third kappa shape index (κ3) is 6.22. The molecule has 0 saturated heterocycles. The van der Waals surface area contributed by atoms with Crippen LogP contribution in [0.5, 0.6) is 5.75 Å². The van der Waals surface area contributed by atoms with E-state index in [-0.39, 0.29) is 24.3 Å². The molecule has 1 saturated carbocycles. The average Bonchev–Trinajstić information content (AvgIpc) is 3.55. The zero-order chi connectivity index (χ0) is 20.6. The average molecular weight is 397 g/mol. The van der Waals surface area contributed by atoms with Gasteiger partial charge in [0.15, 0.2) is 0 Å². The summed E-state index contributed by atoms with van der Waals surface area (Å²) in [5, 5.41) is 8.95. The van der Waals surface area contributed by atoms with Crippen molar-refractivity contribution in [2.45, 2.75) is 19.8 Å². The first-order valence-corrected chi connectivity index (χ1v) is 9.73. The second-order valence-corrected chi connectivity index (χ2v) is 7.01. The minimum atomic E-state index is -0.175. The molecule has 0 aromatic heterocycles. The van der Waals surface area contributed by atoms with Gasteiger partial charge in [-0.05, 0) is 49.6 Å². The van der Waals surface area contributed by atoms with Crippen LogP contribution in [0.1, 0.15) is 18.4 Å². The predicted molar refractivity (Wildman–Crippen MR) is 113 cm³/mol. The number of hydrogen-bond donors (Lipinski definition) is 3. The Labute approximate surface area is 170 Å². The molecule has 1 fully saturated rings. The monoisotopic (exact) mass is 397 g/mol. The van der Waals surface area contributed by atoms with Crippen LogP contribution in [0.25, 0.3) is 0 Å². The summed E-state index contributed by atoms with van der Waals surface area (Å²) in [5.41, 5.74) is 3.15. The molecule has 29 heavy (non-hydrogen) atoms. The van der Waals surface area contributed by atoms with Gasteiger partial charge in [0, 0.05) is 36.2 Å². The van der Waals surface area contributed by atoms with E-state index in [1.807, 2.05) is 37.3 Å². The summed E-state index contributed by atoms with van der Waals surface area (Å²) >= 11 is 0. The van der Waals surface area contributed by atoms with Crippen LogP contribution in [0.4, 0.5) is 17.1 Å². The van der Waals surface area contributed by atoms with Gasteiger partial charge < -0.3 is 25.4 Å². The Morgan fingerprint density at radius 3 is 2.55 bits per heavy atom. The third-order valence-electron chi connectivity index (χ3n) is 4.65. The largest absolute Gasteiger partial charge is 0.491 e. The van der Waals surface area contributed by atoms with Crippen molar-refractivity contribution in [1.29, 1.82) is 0 Å². The molecule has 0 heterocycles. The van der Waals surface area contributed by atoms with Gasteiger partial charge in [-0.25, -0.2) is 0 Å². The van der Waals surface area contributed by atoms with Crippen molar-refractivity contribution in [3.63, 3.8) is 0 Å². The van der Waals surface area contributed by atoms with E-state index in [2.05, 4.69) is 16.0 Å². The van der Waals surface area contributed by atoms with Crippen LogP contribution in [0.3, 0.4) is 0 Å². The van der Waals surface area contributed by atoms with Gasteiger partial charge >= 0.3 is 0 Å². The molecule has 0 spiro atoms. The van der Waals surface area contributed by atoms with Crippen molar-refractivity contribution in [3.05, 3.63) is 48.0 Å². The van der Waals surface area contributed by atoms with Crippen LogP contribution >= 0.6 is 0 Å². The number of nitrogens with one attached hydrogen (secondary N) is 3. The Kier molecular flexibility index (Phi) is 7.08. The lowest BCUT2D eigenvalue weighted by atomic mass is 10.1. The smallest absolute Gasteiger partial charge is 0.243 e. The molecular formula is C22H27N3O4. The fourth-order valence-electron chi connectivity index (χ4n) is 2.83. The molecule has 7 nitrogen and oxygen atoms in total. The van der Waals surface area contributed by atoms with E-state index in [0.717, 1.165) is 29.8 Å². The van der Waals surface area contributed by atoms with E-state index in [9.17, 15) is 9.59 Å². The summed E-state index contributed by atoms with van der Waals surface area (Å²) in [6.45, 7) is 2.97. The molecular weight excluding hydrogens is 370 g/mol. The summed E-state index contributed by atoms with van der Waals surface area (Å²) < 4.78 is 10.5. The number of carbonyl (C=O) groups excluding carboxylic acids is 2. The lowest BCUT2D eigenvalue weighted by molar-refractivity contribution is -0.117. The van der Waals surface area contributed by atoms with Gasteiger partial charge in [-0.3, -0.25) is 9.59 Å². The quantitative estimate of drug-likeness (QED) is 0.535. The summed E-state index contributed by atoms with van der Waals surface area (Å²) in [6, 6.07) is 12.8. The molecule has 1 aliphatic rings. The SMILES string of the molecule is COCCOc1cccc(NC(=O)CNc2cccc(NC(=O)C3CC3)c2C)c1. The summed E-state index contributed by atoms with van der Waals surface area (Å²) in [6.07, 6.45) is 1.92. The summed E-state index contributed by atoms with van der Waals surface area (Å²) in [4.78, 5) is 24.3. The minimum absolute atomic E-state index is 0.0654. The molecule has 0 radical (unpaired) electrons. The number of hydrogen-bond acceptors (Lipinski definition) is 5. The molecule has 1 aliphatic carbocycles. The van der Waals surface area contributed by atoms with Gasteiger partial charge in [-0.15, -0.1) is 0 Å². The van der Waals surface area contributed by atoms with Gasteiger partial charge in [0.1, 0.15) is 12.4 Å². The molecule has 0 unspecified atom stereocenters. The Hall–Kier alpha value is -3.06. The third-order valence-corrected chi connectivity index (χ3v) is 4.65. The summed E-state index contributed by atoms with van der Waals surface area (Å²) in [7, 11) is 1.62. The van der Waals surface area contributed by atoms with E-state index in [0.29, 0.717) is 24.7 Å². The second kappa shape index (κ2) is 9.93. The fraction of sp³-hybridized carbons (Fsp3) is 0.364. The van der Waals surface area contributed by atoms with Gasteiger partial charge in [0.05, 0.1) is 13.2 Å². The molecule has 2 aromatic carbocycles. The summed E-state index contributed by atoms with van der Waals surface area (Å²) in [5.74, 6) is 0.704. The van der Waals surface area contributed by atoms with Crippen molar-refractivity contribution in [3.8, 4) is 5.75 Å². The van der Waals surface area contributed by atoms with E-state index < -0.39 is 0 Å². The zero-order valence-corrected chi connectivity index (χ0v) is 16.8. The number of carbonyl (C=O) groups is 2. The molecule has 2 amide bonds. The minimum Gasteiger partial charge on any atom is -0.491 e. The van der Waals surface area contributed by atoms with Crippen LogP contribution in [0, 0.1) is 12.8 Å². The molecule has 0 bridgehead atoms. The predicted octanol–water partition coefficient (Wildman–Crippen LogP) is 3.42. The number of benzene rings is 2. The van der Waals surface area contributed by atoms with Crippen LogP contribution in [-0.4, -0.2) is 38.7 Å². The molecule has 154 valence electrons. The maximum Gasteiger partial charge on any atom is 0.243 e. The van der Waals surface area contributed by atoms with Gasteiger partial charge in [0.2, 0.25) is 11.8 Å². The molecule has 0 atom stereocenters. The first kappa shape index (κ1) is 20.7. The van der Waals surface area contributed by atoms with E-state index in [1.54, 1.807) is 19.2 Å². The number of anilines is 3. The highest BCUT2D eigenvalue weighted by Gasteiger charge is 2.29. The van der Waals surface area contributed by atoms with E-state index >= 15 is 0 Å². The fourth-order valence-corrected chi connectivity index (χ4v) is 2.83. The number of methoxy groups -OCH3 is 1. The molecule has 7 heteroatoms. The Morgan fingerprint density at radius 1 is 1.03 bits per heavy atom. The van der Waals surface area contributed by atoms with Gasteiger partial charge in [-0.1, -0.05) is 12.1 Å². The first-order chi connectivity index (χ1) is 14.1. The highest BCUT2D eigenvalue weighted by atomic mass is 16.5. The maximum absolute atomic E-state index is 12.3. The molecule has 0 aliphatic heterocycles. The first-order valence-electron chi connectivity index (χ1n) is 9.73. The van der Waals surface area contributed by atoms with Crippen molar-refractivity contribution in [2.75, 3.05) is 42.8 Å². The number of rotatable bonds is 10. The highest BCUT2D eigenvalue weighted by molar-refractivity contribution is 5.96. The second-order valence-electron chi connectivity index (χ2n) is 7.01. The Bertz CT molecular complexity index is 865. The normalized spacial score (nSPS) is 12.9. The van der Waals surface area contributed by atoms with Crippen LogP contribution in [0.2, 0.25) is 0 Å². The van der Waals surface area contributed by atoms with Gasteiger partial charge in [0.25, 0.3) is 0 Å². The number of amides is 2. The highest BCUT2D eigenvalue weighted by Crippen LogP contribution is 2.31. The van der Waals surface area contributed by atoms with Crippen molar-refractivity contribution in [2.24, 2.45) is 5.92 Å². The standard InChI is InChI=1S/C22H27N3O4/c1-15-19(7-4-8-20(15)25-22(27)16-9-10-16)23-14-21(26)24-17-5-3-6-18(13-17)29-12-11-28-2/h3-8,13,16,23H,9-12,14H2,1-2H3,(H,24,26)(H,25,27). The maximum atomic E-state index is 12.3. The van der Waals surface area contributed by atoms with Crippen molar-refractivity contribution < 1.29 is 19.1 Å². The number of ether oxygens (including phenoxy) is 2. The van der Waals surface area contributed by atoms with Crippen molar-refractivity contribution >= 4 is 28.9 Å². The molecule has 2 aromatic rings. The van der Waals surface area contributed by atoms with Crippen LogP contribution in [0.15, 0.2) is 42.5 Å². The van der Waals surface area contributed by atoms with E-state index in [4.69, 9.17) is 9.47 Å². The van der Waals surface area contributed by atoms with Crippen molar-refractivity contribution in [1.82, 2.24) is 0 Å². The van der Waals surface area contributed by atoms with E-state index in [1.165, 1.54) is 0 Å². The van der Waals surface area contributed by atoms with Crippen LogP contribution in [-0.2, 0) is 14.3 Å². The molecule has 3 N–H and O–H groups in total. The molecule has 3 rings (SSSR count).